The van der Waals surface area contributed by atoms with E-state index in [0.29, 0.717) is 16.7 Å². The molecule has 3 heterocycles. The Morgan fingerprint density at radius 2 is 2.07 bits per heavy atom. The highest BCUT2D eigenvalue weighted by molar-refractivity contribution is 7.10. The van der Waals surface area contributed by atoms with Crippen molar-refractivity contribution in [2.24, 2.45) is 0 Å². The molecule has 1 N–H and O–H groups in total. The summed E-state index contributed by atoms with van der Waals surface area (Å²) in [7, 11) is 1.50. The van der Waals surface area contributed by atoms with Gasteiger partial charge in [0.05, 0.1) is 13.2 Å². The van der Waals surface area contributed by atoms with Crippen LogP contribution in [0.25, 0.3) is 11.0 Å². The van der Waals surface area contributed by atoms with Crippen LogP contribution in [0.15, 0.2) is 67.8 Å². The van der Waals surface area contributed by atoms with E-state index in [-0.39, 0.29) is 11.6 Å². The van der Waals surface area contributed by atoms with Crippen molar-refractivity contribution in [3.63, 3.8) is 0 Å². The number of carbonyl (C=O) groups is 1. The van der Waals surface area contributed by atoms with E-state index in [2.05, 4.69) is 5.32 Å². The summed E-state index contributed by atoms with van der Waals surface area (Å²) in [5.74, 6) is -0.0237. The van der Waals surface area contributed by atoms with Crippen LogP contribution in [0, 0.1) is 0 Å². The molecule has 136 valence electrons. The zero-order chi connectivity index (χ0) is 18.8. The van der Waals surface area contributed by atoms with Crippen molar-refractivity contribution in [1.29, 1.82) is 0 Å². The summed E-state index contributed by atoms with van der Waals surface area (Å²) in [5.41, 5.74) is 0.573. The van der Waals surface area contributed by atoms with E-state index in [1.807, 2.05) is 34.3 Å². The Morgan fingerprint density at radius 3 is 2.78 bits per heavy atom. The van der Waals surface area contributed by atoms with Crippen LogP contribution in [-0.2, 0) is 0 Å². The Hall–Kier alpha value is -2.90. The Balaban J connectivity index is 1.72. The second-order valence-corrected chi connectivity index (χ2v) is 7.56. The molecule has 3 aromatic heterocycles. The second kappa shape index (κ2) is 7.38. The predicted octanol–water partition coefficient (Wildman–Crippen LogP) is 4.44. The zero-order valence-electron chi connectivity index (χ0n) is 14.3. The first-order valence-corrected chi connectivity index (χ1v) is 9.97. The fraction of sp³-hybridized carbons (Fsp3) is 0.100. The number of ether oxygens (including phenoxy) is 1. The Kier molecular flexibility index (Phi) is 4.79. The minimum atomic E-state index is -0.695. The van der Waals surface area contributed by atoms with Crippen molar-refractivity contribution in [1.82, 2.24) is 5.32 Å². The molecule has 0 fully saturated rings. The minimum Gasteiger partial charge on any atom is -0.493 e. The number of nitrogens with one attached hydrogen (secondary N) is 1. The molecule has 1 aromatic carbocycles. The first-order chi connectivity index (χ1) is 13.2. The van der Waals surface area contributed by atoms with Gasteiger partial charge in [0.15, 0.2) is 11.3 Å². The molecule has 0 saturated heterocycles. The van der Waals surface area contributed by atoms with Gasteiger partial charge in [-0.2, -0.15) is 11.3 Å². The Bertz CT molecular complexity index is 1100. The van der Waals surface area contributed by atoms with Crippen LogP contribution >= 0.6 is 22.7 Å². The summed E-state index contributed by atoms with van der Waals surface area (Å²) < 4.78 is 10.6. The molecule has 4 rings (SSSR count). The summed E-state index contributed by atoms with van der Waals surface area (Å²) in [5, 5.41) is 9.48. The maximum Gasteiger partial charge on any atom is 0.349 e. The average molecular weight is 397 g/mol. The molecular weight excluding hydrogens is 382 g/mol. The van der Waals surface area contributed by atoms with E-state index >= 15 is 0 Å². The van der Waals surface area contributed by atoms with Gasteiger partial charge in [0.25, 0.3) is 5.91 Å². The number of methoxy groups -OCH3 is 1. The van der Waals surface area contributed by atoms with E-state index < -0.39 is 11.5 Å². The normalized spacial score (nSPS) is 12.0. The number of hydrogen-bond acceptors (Lipinski definition) is 6. The van der Waals surface area contributed by atoms with Crippen LogP contribution in [0.5, 0.6) is 5.75 Å². The third-order valence-electron chi connectivity index (χ3n) is 4.17. The van der Waals surface area contributed by atoms with Crippen LogP contribution < -0.4 is 15.7 Å². The van der Waals surface area contributed by atoms with Gasteiger partial charge in [0.2, 0.25) is 0 Å². The number of rotatable bonds is 5. The van der Waals surface area contributed by atoms with E-state index in [1.165, 1.54) is 13.2 Å². The van der Waals surface area contributed by atoms with Crippen molar-refractivity contribution in [3.05, 3.63) is 85.0 Å². The summed E-state index contributed by atoms with van der Waals surface area (Å²) in [6.07, 6.45) is 0. The number of fused-ring (bicyclic) bond motifs is 1. The molecular formula is C20H15NO4S2. The highest BCUT2D eigenvalue weighted by atomic mass is 32.1. The number of hydrogen-bond donors (Lipinski definition) is 1. The quantitative estimate of drug-likeness (QED) is 0.506. The first kappa shape index (κ1) is 17.5. The SMILES string of the molecule is COc1cccc2cc(C(=O)N[C@@H](c3ccsc3)c3cccs3)c(=O)oc12. The predicted molar refractivity (Wildman–Crippen MR) is 107 cm³/mol. The molecule has 0 unspecified atom stereocenters. The van der Waals surface area contributed by atoms with E-state index in [4.69, 9.17) is 9.15 Å². The Morgan fingerprint density at radius 1 is 1.19 bits per heavy atom. The van der Waals surface area contributed by atoms with Gasteiger partial charge >= 0.3 is 5.63 Å². The average Bonchev–Trinajstić information content (AvgIpc) is 3.39. The maximum absolute atomic E-state index is 12.9. The van der Waals surface area contributed by atoms with Crippen LogP contribution in [0.1, 0.15) is 26.8 Å². The lowest BCUT2D eigenvalue weighted by molar-refractivity contribution is 0.0940. The molecule has 0 aliphatic carbocycles. The number of benzene rings is 1. The van der Waals surface area contributed by atoms with Gasteiger partial charge in [0, 0.05) is 10.3 Å². The lowest BCUT2D eigenvalue weighted by Gasteiger charge is -2.16. The summed E-state index contributed by atoms with van der Waals surface area (Å²) >= 11 is 3.11. The van der Waals surface area contributed by atoms with Crippen molar-refractivity contribution in [2.45, 2.75) is 6.04 Å². The van der Waals surface area contributed by atoms with Gasteiger partial charge in [-0.15, -0.1) is 11.3 Å². The van der Waals surface area contributed by atoms with Crippen LogP contribution in [0.2, 0.25) is 0 Å². The third-order valence-corrected chi connectivity index (χ3v) is 5.81. The number of amides is 1. The molecule has 4 aromatic rings. The van der Waals surface area contributed by atoms with Gasteiger partial charge in [0.1, 0.15) is 5.56 Å². The van der Waals surface area contributed by atoms with Gasteiger partial charge in [-0.05, 0) is 46.0 Å². The maximum atomic E-state index is 12.9. The van der Waals surface area contributed by atoms with Gasteiger partial charge in [-0.25, -0.2) is 4.79 Å². The standard InChI is InChI=1S/C20H15NO4S2/c1-24-15-5-2-4-12-10-14(20(23)25-18(12)15)19(22)21-17(13-7-9-26-11-13)16-6-3-8-27-16/h2-11,17H,1H3,(H,21,22)/t17-/m0/s1. The van der Waals surface area contributed by atoms with Crippen molar-refractivity contribution in [2.75, 3.05) is 7.11 Å². The van der Waals surface area contributed by atoms with E-state index in [1.54, 1.807) is 40.9 Å². The first-order valence-electron chi connectivity index (χ1n) is 8.14. The largest absolute Gasteiger partial charge is 0.493 e. The van der Waals surface area contributed by atoms with Crippen LogP contribution in [0.3, 0.4) is 0 Å². The lowest BCUT2D eigenvalue weighted by atomic mass is 10.1. The smallest absolute Gasteiger partial charge is 0.349 e. The number of para-hydroxylation sites is 1. The second-order valence-electron chi connectivity index (χ2n) is 5.80. The van der Waals surface area contributed by atoms with Gasteiger partial charge < -0.3 is 14.5 Å². The summed E-state index contributed by atoms with van der Waals surface area (Å²) in [4.78, 5) is 26.3. The third kappa shape index (κ3) is 3.39. The van der Waals surface area contributed by atoms with Crippen molar-refractivity contribution < 1.29 is 13.9 Å². The highest BCUT2D eigenvalue weighted by Crippen LogP contribution is 2.28. The van der Waals surface area contributed by atoms with E-state index in [9.17, 15) is 9.59 Å². The van der Waals surface area contributed by atoms with Gasteiger partial charge in [-0.1, -0.05) is 18.2 Å². The summed E-state index contributed by atoms with van der Waals surface area (Å²) in [6, 6.07) is 12.3. The monoisotopic (exact) mass is 397 g/mol. The molecule has 0 spiro atoms. The molecule has 0 aliphatic rings. The molecule has 1 amide bonds. The molecule has 0 aliphatic heterocycles. The topological polar surface area (TPSA) is 68.5 Å². The molecule has 0 bridgehead atoms. The fourth-order valence-corrected chi connectivity index (χ4v) is 4.35. The molecule has 0 radical (unpaired) electrons. The molecule has 27 heavy (non-hydrogen) atoms. The Labute approximate surface area is 162 Å². The minimum absolute atomic E-state index is 0.0347. The summed E-state index contributed by atoms with van der Waals surface area (Å²) in [6.45, 7) is 0. The molecule has 5 nitrogen and oxygen atoms in total. The highest BCUT2D eigenvalue weighted by Gasteiger charge is 2.22. The van der Waals surface area contributed by atoms with Crippen LogP contribution in [-0.4, -0.2) is 13.0 Å². The number of carbonyl (C=O) groups excluding carboxylic acids is 1. The number of thiophene rings is 2. The zero-order valence-corrected chi connectivity index (χ0v) is 15.9. The molecule has 0 saturated carbocycles. The van der Waals surface area contributed by atoms with Gasteiger partial charge in [-0.3, -0.25) is 4.79 Å². The fourth-order valence-electron chi connectivity index (χ4n) is 2.86. The lowest BCUT2D eigenvalue weighted by Crippen LogP contribution is -2.32. The molecule has 1 atom stereocenters. The van der Waals surface area contributed by atoms with Crippen LogP contribution in [0.4, 0.5) is 0 Å². The van der Waals surface area contributed by atoms with Crippen molar-refractivity contribution >= 4 is 39.5 Å². The van der Waals surface area contributed by atoms with Crippen molar-refractivity contribution in [3.8, 4) is 5.75 Å². The van der Waals surface area contributed by atoms with E-state index in [0.717, 1.165) is 10.4 Å². The molecule has 7 heteroatoms.